The molecular formula is C8H19B5N4O5. The van der Waals surface area contributed by atoms with Gasteiger partial charge in [0.1, 0.15) is 43.8 Å². The van der Waals surface area contributed by atoms with E-state index >= 15 is 0 Å². The van der Waals surface area contributed by atoms with Crippen molar-refractivity contribution in [3.63, 3.8) is 0 Å². The molecule has 22 heavy (non-hydrogen) atoms. The molecule has 1 heterocycles. The molecule has 0 bridgehead atoms. The van der Waals surface area contributed by atoms with Gasteiger partial charge in [0.2, 0.25) is 5.95 Å². The first kappa shape index (κ1) is 18.8. The maximum absolute atomic E-state index is 11.8. The molecule has 5 N–H and O–H groups in total. The predicted molar refractivity (Wildman–Crippen MR) is 93.3 cm³/mol. The Kier molecular flexibility index (Phi) is 5.23. The molecule has 116 valence electrons. The molecule has 0 fully saturated rings. The first-order valence-corrected chi connectivity index (χ1v) is 6.80. The summed E-state index contributed by atoms with van der Waals surface area (Å²) in [5, 5.41) is 28.7. The maximum Gasteiger partial charge on any atom is 0.353 e. The molecule has 0 aromatic carbocycles. The van der Waals surface area contributed by atoms with E-state index in [0.717, 1.165) is 10.9 Å². The Morgan fingerprint density at radius 3 is 2.32 bits per heavy atom. The number of nitrogens with two attached hydrogens (primary N) is 1. The third kappa shape index (κ3) is 3.40. The van der Waals surface area contributed by atoms with Crippen molar-refractivity contribution < 1.29 is 20.1 Å². The molecule has 1 aromatic heterocycles. The minimum Gasteiger partial charge on any atom is -0.405 e. The Balaban J connectivity index is 3.23. The largest absolute Gasteiger partial charge is 0.405 e. The Morgan fingerprint density at radius 2 is 1.91 bits per heavy atom. The average Bonchev–Trinajstić information content (AvgIpc) is 2.36. The highest BCUT2D eigenvalue weighted by molar-refractivity contribution is 6.45. The third-order valence-corrected chi connectivity index (χ3v) is 4.05. The van der Waals surface area contributed by atoms with E-state index in [4.69, 9.17) is 10.5 Å². The summed E-state index contributed by atoms with van der Waals surface area (Å²) in [6.07, 6.45) is 0.246. The van der Waals surface area contributed by atoms with Crippen molar-refractivity contribution in [2.24, 2.45) is 0 Å². The van der Waals surface area contributed by atoms with Crippen molar-refractivity contribution in [2.75, 3.05) is 12.3 Å². The van der Waals surface area contributed by atoms with Crippen LogP contribution >= 0.6 is 0 Å². The van der Waals surface area contributed by atoms with E-state index in [2.05, 4.69) is 9.97 Å². The zero-order valence-corrected chi connectivity index (χ0v) is 13.4. The average molecular weight is 305 g/mol. The van der Waals surface area contributed by atoms with Crippen LogP contribution in [0.2, 0.25) is 0 Å². The summed E-state index contributed by atoms with van der Waals surface area (Å²) >= 11 is 0. The van der Waals surface area contributed by atoms with Gasteiger partial charge in [-0.05, 0) is 0 Å². The molecule has 0 aliphatic heterocycles. The van der Waals surface area contributed by atoms with Crippen molar-refractivity contribution in [2.45, 2.75) is 22.5 Å². The van der Waals surface area contributed by atoms with Crippen LogP contribution in [-0.4, -0.2) is 92.1 Å². The summed E-state index contributed by atoms with van der Waals surface area (Å²) in [5.41, 5.74) is 1.29. The minimum atomic E-state index is -1.77. The lowest BCUT2D eigenvalue weighted by molar-refractivity contribution is -0.176. The standard InChI is InChI=1S/C8H19B5N4O5/c9-3(17-2-15-4(14)16-5(17)19)22-7(11,8(12,13)21)6(10,20)1-18/h2-3,18,20-21H,1,9-13H2,(H2,14,16,19)/t3-,6?,7?/m1/s1. The van der Waals surface area contributed by atoms with Gasteiger partial charge in [-0.3, -0.25) is 4.57 Å². The summed E-state index contributed by atoms with van der Waals surface area (Å²) < 4.78 is 6.81. The van der Waals surface area contributed by atoms with Gasteiger partial charge in [0.15, 0.2) is 7.85 Å². The van der Waals surface area contributed by atoms with Crippen LogP contribution in [0.5, 0.6) is 0 Å². The van der Waals surface area contributed by atoms with Gasteiger partial charge >= 0.3 is 5.69 Å². The fraction of sp³-hybridized carbons (Fsp3) is 0.625. The minimum absolute atomic E-state index is 0.166. The number of hydrogen-bond acceptors (Lipinski definition) is 8. The molecule has 0 saturated heterocycles. The van der Waals surface area contributed by atoms with E-state index in [9.17, 15) is 20.1 Å². The van der Waals surface area contributed by atoms with Crippen molar-refractivity contribution >= 4 is 45.2 Å². The molecule has 0 aliphatic rings. The second-order valence-electron chi connectivity index (χ2n) is 6.15. The summed E-state index contributed by atoms with van der Waals surface area (Å²) in [7, 11) is 7.18. The van der Waals surface area contributed by atoms with Gasteiger partial charge in [0.05, 0.1) is 17.6 Å². The Morgan fingerprint density at radius 1 is 1.36 bits per heavy atom. The number of ether oxygens (including phenoxy) is 1. The molecule has 0 spiro atoms. The summed E-state index contributed by atoms with van der Waals surface area (Å²) in [6, 6.07) is 0. The smallest absolute Gasteiger partial charge is 0.353 e. The van der Waals surface area contributed by atoms with Crippen LogP contribution in [0.3, 0.4) is 0 Å². The molecular weight excluding hydrogens is 286 g/mol. The molecule has 0 aliphatic carbocycles. The van der Waals surface area contributed by atoms with E-state index in [1.54, 1.807) is 0 Å². The number of nitrogens with zero attached hydrogens (tertiary/aromatic N) is 3. The summed E-state index contributed by atoms with van der Waals surface area (Å²) in [6.45, 7) is -0.645. The van der Waals surface area contributed by atoms with Crippen LogP contribution in [0, 0.1) is 0 Å². The van der Waals surface area contributed by atoms with Gasteiger partial charge in [-0.15, -0.1) is 0 Å². The lowest BCUT2D eigenvalue weighted by Crippen LogP contribution is -2.72. The fourth-order valence-electron chi connectivity index (χ4n) is 2.08. The SMILES string of the molecule is B[C@@H](OC(B)(C(B)(B)O)C(B)(O)CO)n1cnc(N)nc1=O. The van der Waals surface area contributed by atoms with E-state index in [1.807, 2.05) is 0 Å². The second kappa shape index (κ2) is 6.11. The number of hydrogen-bond donors (Lipinski definition) is 4. The monoisotopic (exact) mass is 306 g/mol. The van der Waals surface area contributed by atoms with Crippen LogP contribution in [0.25, 0.3) is 0 Å². The number of aliphatic hydroxyl groups is 3. The highest BCUT2D eigenvalue weighted by atomic mass is 16.5. The van der Waals surface area contributed by atoms with Gasteiger partial charge < -0.3 is 25.8 Å². The molecule has 0 saturated carbocycles. The third-order valence-electron chi connectivity index (χ3n) is 4.05. The van der Waals surface area contributed by atoms with E-state index < -0.39 is 34.8 Å². The first-order valence-electron chi connectivity index (χ1n) is 6.80. The van der Waals surface area contributed by atoms with Crippen LogP contribution in [0.4, 0.5) is 5.95 Å². The Bertz CT molecular complexity index is 593. The van der Waals surface area contributed by atoms with E-state index in [1.165, 1.54) is 39.2 Å². The molecule has 14 heteroatoms. The molecule has 0 amide bonds. The molecule has 0 radical (unpaired) electrons. The van der Waals surface area contributed by atoms with Gasteiger partial charge in [0, 0.05) is 5.40 Å². The van der Waals surface area contributed by atoms with Crippen LogP contribution < -0.4 is 11.4 Å². The lowest BCUT2D eigenvalue weighted by Gasteiger charge is -2.51. The number of aliphatic hydroxyl groups excluding tert-OH is 1. The quantitative estimate of drug-likeness (QED) is 0.379. The van der Waals surface area contributed by atoms with Crippen molar-refractivity contribution in [1.29, 1.82) is 0 Å². The normalized spacial score (nSPS) is 19.0. The van der Waals surface area contributed by atoms with Crippen LogP contribution in [0.15, 0.2) is 11.1 Å². The second-order valence-corrected chi connectivity index (χ2v) is 6.15. The van der Waals surface area contributed by atoms with E-state index in [-0.39, 0.29) is 5.95 Å². The van der Waals surface area contributed by atoms with Crippen molar-refractivity contribution in [3.05, 3.63) is 16.8 Å². The molecule has 9 nitrogen and oxygen atoms in total. The van der Waals surface area contributed by atoms with Gasteiger partial charge in [-0.1, -0.05) is 0 Å². The zero-order valence-electron chi connectivity index (χ0n) is 13.4. The van der Waals surface area contributed by atoms with Gasteiger partial charge in [0.25, 0.3) is 0 Å². The summed E-state index contributed by atoms with van der Waals surface area (Å²) in [5.74, 6) is -0.166. The van der Waals surface area contributed by atoms with Gasteiger partial charge in [-0.2, -0.15) is 4.98 Å². The lowest BCUT2D eigenvalue weighted by atomic mass is 9.41. The van der Waals surface area contributed by atoms with E-state index in [0.29, 0.717) is 0 Å². The predicted octanol–water partition coefficient (Wildman–Crippen LogP) is -8.12. The number of nitrogen functional groups attached to an aromatic ring is 1. The van der Waals surface area contributed by atoms with Crippen molar-refractivity contribution in [3.8, 4) is 0 Å². The fourth-order valence-corrected chi connectivity index (χ4v) is 2.08. The van der Waals surface area contributed by atoms with Crippen LogP contribution in [0.1, 0.15) is 6.13 Å². The molecule has 1 rings (SSSR count). The van der Waals surface area contributed by atoms with Crippen molar-refractivity contribution in [1.82, 2.24) is 14.5 Å². The number of aromatic nitrogens is 3. The number of rotatable bonds is 6. The van der Waals surface area contributed by atoms with Crippen LogP contribution in [-0.2, 0) is 4.74 Å². The Hall–Kier alpha value is -1.23. The highest BCUT2D eigenvalue weighted by Gasteiger charge is 2.53. The first-order chi connectivity index (χ1) is 9.85. The highest BCUT2D eigenvalue weighted by Crippen LogP contribution is 2.31. The molecule has 3 atom stereocenters. The summed E-state index contributed by atoms with van der Waals surface area (Å²) in [4.78, 5) is 19.0. The van der Waals surface area contributed by atoms with Gasteiger partial charge in [-0.25, -0.2) is 9.78 Å². The topological polar surface area (TPSA) is 144 Å². The maximum atomic E-state index is 11.8. The zero-order chi connectivity index (χ0) is 17.3. The molecule has 2 unspecified atom stereocenters. The number of anilines is 1. The molecule has 1 aromatic rings. The Labute approximate surface area is 132 Å².